The summed E-state index contributed by atoms with van der Waals surface area (Å²) >= 11 is 0. The van der Waals surface area contributed by atoms with E-state index in [1.807, 2.05) is 18.2 Å². The number of fused-ring (bicyclic) bond motifs is 6. The molecule has 11 heteroatoms. The minimum Gasteiger partial charge on any atom is -0.489 e. The van der Waals surface area contributed by atoms with E-state index in [1.165, 1.54) is 6.07 Å². The first-order valence-corrected chi connectivity index (χ1v) is 11.8. The van der Waals surface area contributed by atoms with Gasteiger partial charge in [0.05, 0.1) is 0 Å². The summed E-state index contributed by atoms with van der Waals surface area (Å²) in [5.74, 6) is 1.95. The van der Waals surface area contributed by atoms with Crippen molar-refractivity contribution in [2.24, 2.45) is 5.41 Å². The molecule has 2 fully saturated rings. The smallest absolute Gasteiger partial charge is 0.433 e. The minimum absolute atomic E-state index is 0.0742. The normalized spacial score (nSPS) is 26.4. The first-order valence-electron chi connectivity index (χ1n) is 11.8. The molecule has 0 radical (unpaired) electrons. The summed E-state index contributed by atoms with van der Waals surface area (Å²) in [4.78, 5) is 31.9. The first-order chi connectivity index (χ1) is 17.7. The molecule has 2 aliphatic carbocycles. The lowest BCUT2D eigenvalue weighted by Crippen LogP contribution is -2.28. The van der Waals surface area contributed by atoms with Crippen LogP contribution in [0.15, 0.2) is 48.8 Å². The Kier molecular flexibility index (Phi) is 4.44. The van der Waals surface area contributed by atoms with Crippen LogP contribution in [0, 0.1) is 5.41 Å². The molecule has 1 aromatic carbocycles. The molecule has 2 saturated carbocycles. The Labute approximate surface area is 208 Å². The topological polar surface area (TPSA) is 102 Å². The van der Waals surface area contributed by atoms with Crippen LogP contribution in [0.25, 0.3) is 0 Å². The second-order valence-electron chi connectivity index (χ2n) is 9.77. The summed E-state index contributed by atoms with van der Waals surface area (Å²) in [6, 6.07) is 9.20. The molecule has 2 N–H and O–H groups in total. The van der Waals surface area contributed by atoms with Crippen LogP contribution in [0.5, 0.6) is 17.2 Å². The number of nitrogens with zero attached hydrogens (tertiary/aromatic N) is 2. The maximum atomic E-state index is 13.0. The van der Waals surface area contributed by atoms with E-state index >= 15 is 0 Å². The van der Waals surface area contributed by atoms with Crippen LogP contribution in [-0.2, 0) is 17.4 Å². The highest BCUT2D eigenvalue weighted by atomic mass is 19.4. The van der Waals surface area contributed by atoms with Crippen molar-refractivity contribution in [2.45, 2.75) is 43.5 Å². The van der Waals surface area contributed by atoms with Gasteiger partial charge in [0.2, 0.25) is 5.91 Å². The molecule has 1 spiro atoms. The number of aromatic nitrogens is 2. The van der Waals surface area contributed by atoms with Crippen LogP contribution < -0.4 is 20.1 Å². The van der Waals surface area contributed by atoms with Gasteiger partial charge in [-0.3, -0.25) is 14.6 Å². The Bertz CT molecular complexity index is 1490. The SMILES string of the molecule is O=C1CCc2c(Oc3ccc4c(c3)[C@@H]3[C@H](O4)C34CC4NC(=O)c3ccnc(C(F)(F)F)c3)ccnc2N1. The van der Waals surface area contributed by atoms with E-state index in [0.717, 1.165) is 29.1 Å². The number of carbonyl (C=O) groups excluding carboxylic acids is 2. The van der Waals surface area contributed by atoms with Crippen molar-refractivity contribution >= 4 is 17.6 Å². The summed E-state index contributed by atoms with van der Waals surface area (Å²) in [5.41, 5.74) is 0.398. The van der Waals surface area contributed by atoms with Crippen molar-refractivity contribution in [2.75, 3.05) is 5.32 Å². The van der Waals surface area contributed by atoms with Crippen LogP contribution in [0.2, 0.25) is 0 Å². The Morgan fingerprint density at radius 3 is 2.81 bits per heavy atom. The number of hydrogen-bond donors (Lipinski definition) is 2. The Morgan fingerprint density at radius 2 is 1.97 bits per heavy atom. The van der Waals surface area contributed by atoms with Crippen LogP contribution >= 0.6 is 0 Å². The summed E-state index contributed by atoms with van der Waals surface area (Å²) in [6.45, 7) is 0. The highest BCUT2D eigenvalue weighted by Gasteiger charge is 2.83. The maximum absolute atomic E-state index is 13.0. The third kappa shape index (κ3) is 3.44. The fourth-order valence-corrected chi connectivity index (χ4v) is 5.72. The number of anilines is 1. The summed E-state index contributed by atoms with van der Waals surface area (Å²) in [6.07, 6.45) is -0.547. The molecule has 7 rings (SSSR count). The zero-order valence-electron chi connectivity index (χ0n) is 19.1. The number of amides is 2. The molecule has 2 aliphatic heterocycles. The quantitative estimate of drug-likeness (QED) is 0.547. The van der Waals surface area contributed by atoms with Crippen molar-refractivity contribution in [3.8, 4) is 17.2 Å². The second-order valence-corrected chi connectivity index (χ2v) is 9.77. The van der Waals surface area contributed by atoms with E-state index < -0.39 is 17.8 Å². The molecule has 0 bridgehead atoms. The van der Waals surface area contributed by atoms with E-state index in [1.54, 1.807) is 12.3 Å². The van der Waals surface area contributed by atoms with Crippen molar-refractivity contribution < 1.29 is 32.2 Å². The van der Waals surface area contributed by atoms with Gasteiger partial charge in [-0.25, -0.2) is 4.98 Å². The molecular weight excluding hydrogens is 489 g/mol. The maximum Gasteiger partial charge on any atom is 0.433 e. The monoisotopic (exact) mass is 508 g/mol. The van der Waals surface area contributed by atoms with E-state index in [0.29, 0.717) is 36.6 Å². The number of nitrogens with one attached hydrogen (secondary N) is 2. The van der Waals surface area contributed by atoms with Crippen LogP contribution in [0.3, 0.4) is 0 Å². The Morgan fingerprint density at radius 1 is 1.14 bits per heavy atom. The molecule has 4 aliphatic rings. The first kappa shape index (κ1) is 22.1. The van der Waals surface area contributed by atoms with Gasteiger partial charge in [-0.1, -0.05) is 0 Å². The average molecular weight is 508 g/mol. The lowest BCUT2D eigenvalue weighted by molar-refractivity contribution is -0.141. The minimum atomic E-state index is -4.62. The third-order valence-corrected chi connectivity index (χ3v) is 7.64. The van der Waals surface area contributed by atoms with Crippen LogP contribution in [0.4, 0.5) is 19.0 Å². The predicted molar refractivity (Wildman–Crippen MR) is 122 cm³/mol. The van der Waals surface area contributed by atoms with Gasteiger partial charge in [0, 0.05) is 52.9 Å². The van der Waals surface area contributed by atoms with Crippen LogP contribution in [-0.4, -0.2) is 33.9 Å². The Balaban J connectivity index is 1.07. The lowest BCUT2D eigenvalue weighted by Gasteiger charge is -2.19. The van der Waals surface area contributed by atoms with E-state index in [-0.39, 0.29) is 34.9 Å². The molecule has 2 aromatic heterocycles. The molecule has 2 unspecified atom stereocenters. The zero-order valence-corrected chi connectivity index (χ0v) is 19.1. The number of pyridine rings is 2. The van der Waals surface area contributed by atoms with Crippen LogP contribution in [0.1, 0.15) is 45.9 Å². The number of alkyl halides is 3. The number of halogens is 3. The highest BCUT2D eigenvalue weighted by molar-refractivity contribution is 5.95. The molecule has 8 nitrogen and oxygen atoms in total. The molecule has 0 saturated heterocycles. The predicted octanol–water partition coefficient (Wildman–Crippen LogP) is 4.22. The fraction of sp³-hybridized carbons (Fsp3) is 0.308. The molecule has 3 aromatic rings. The summed E-state index contributed by atoms with van der Waals surface area (Å²) in [7, 11) is 0. The number of benzene rings is 1. The van der Waals surface area contributed by atoms with Crippen molar-refractivity contribution in [3.63, 3.8) is 0 Å². The Hall–Kier alpha value is -4.15. The number of rotatable bonds is 4. The number of hydrogen-bond acceptors (Lipinski definition) is 6. The van der Waals surface area contributed by atoms with Gasteiger partial charge < -0.3 is 20.1 Å². The number of carbonyl (C=O) groups is 2. The van der Waals surface area contributed by atoms with Gasteiger partial charge >= 0.3 is 6.18 Å². The third-order valence-electron chi connectivity index (χ3n) is 7.64. The van der Waals surface area contributed by atoms with Gasteiger partial charge in [-0.15, -0.1) is 0 Å². The average Bonchev–Trinajstić information content (AvgIpc) is 3.67. The van der Waals surface area contributed by atoms with E-state index in [2.05, 4.69) is 20.6 Å². The van der Waals surface area contributed by atoms with Gasteiger partial charge in [-0.2, -0.15) is 13.2 Å². The fourth-order valence-electron chi connectivity index (χ4n) is 5.72. The molecule has 4 heterocycles. The van der Waals surface area contributed by atoms with Crippen molar-refractivity contribution in [1.82, 2.24) is 15.3 Å². The standard InChI is InChI=1S/C26H19F3N4O4/c27-26(28,29)18-9-12(5-7-30-18)24(35)32-19-11-25(19)21-15-10-13(1-3-16(15)37-22(21)25)36-17-6-8-31-23-14(17)2-4-20(34)33-23/h1,3,5-10,19,21-22H,2,4,11H2,(H,32,35)(H,31,33,34)/t19?,21-,22+,25?/m1/s1. The highest BCUT2D eigenvalue weighted by Crippen LogP contribution is 2.79. The second kappa shape index (κ2) is 7.44. The van der Waals surface area contributed by atoms with E-state index in [9.17, 15) is 22.8 Å². The van der Waals surface area contributed by atoms with Gasteiger partial charge in [-0.05, 0) is 49.2 Å². The van der Waals surface area contributed by atoms with Crippen molar-refractivity contribution in [1.29, 1.82) is 0 Å². The van der Waals surface area contributed by atoms with Crippen molar-refractivity contribution in [3.05, 3.63) is 71.2 Å². The van der Waals surface area contributed by atoms with Gasteiger partial charge in [0.1, 0.15) is 34.9 Å². The van der Waals surface area contributed by atoms with Gasteiger partial charge in [0.25, 0.3) is 5.91 Å². The van der Waals surface area contributed by atoms with Gasteiger partial charge in [0.15, 0.2) is 0 Å². The number of ether oxygens (including phenoxy) is 2. The molecule has 188 valence electrons. The summed E-state index contributed by atoms with van der Waals surface area (Å²) in [5, 5.41) is 5.63. The molecule has 37 heavy (non-hydrogen) atoms. The molecule has 4 atom stereocenters. The molecule has 2 amide bonds. The van der Waals surface area contributed by atoms with E-state index in [4.69, 9.17) is 9.47 Å². The zero-order chi connectivity index (χ0) is 25.5. The lowest BCUT2D eigenvalue weighted by atomic mass is 10.1. The molecular formula is C26H19F3N4O4. The summed E-state index contributed by atoms with van der Waals surface area (Å²) < 4.78 is 51.2. The largest absolute Gasteiger partial charge is 0.489 e.